The lowest BCUT2D eigenvalue weighted by molar-refractivity contribution is 0.574. The zero-order chi connectivity index (χ0) is 23.3. The number of halogens is 1. The number of aromatic nitrogens is 3. The van der Waals surface area contributed by atoms with Crippen molar-refractivity contribution in [2.75, 3.05) is 0 Å². The molecule has 3 heterocycles. The molecule has 0 aliphatic heterocycles. The van der Waals surface area contributed by atoms with Gasteiger partial charge in [0.05, 0.1) is 17.1 Å². The molecule has 166 valence electrons. The SMILES string of the molecule is Cc1cc(C=Nn2c(-c3cc4cc(Cl)ccc4o3)nc3ccccc3c2=O)c(C)n1C(C)C. The van der Waals surface area contributed by atoms with Gasteiger partial charge < -0.3 is 8.98 Å². The molecule has 0 radical (unpaired) electrons. The van der Waals surface area contributed by atoms with Gasteiger partial charge >= 0.3 is 0 Å². The van der Waals surface area contributed by atoms with Gasteiger partial charge in [-0.15, -0.1) is 0 Å². The number of nitrogens with zero attached hydrogens (tertiary/aromatic N) is 4. The van der Waals surface area contributed by atoms with Gasteiger partial charge in [-0.25, -0.2) is 4.98 Å². The van der Waals surface area contributed by atoms with Gasteiger partial charge in [-0.1, -0.05) is 23.7 Å². The topological polar surface area (TPSA) is 65.3 Å². The molecule has 0 saturated carbocycles. The van der Waals surface area contributed by atoms with E-state index in [-0.39, 0.29) is 5.56 Å². The Balaban J connectivity index is 1.72. The molecular formula is C26H23ClN4O2. The third-order valence-corrected chi connectivity index (χ3v) is 6.04. The molecule has 0 atom stereocenters. The van der Waals surface area contributed by atoms with E-state index in [1.807, 2.05) is 30.3 Å². The van der Waals surface area contributed by atoms with Crippen molar-refractivity contribution in [2.24, 2.45) is 5.10 Å². The summed E-state index contributed by atoms with van der Waals surface area (Å²) in [6.45, 7) is 8.41. The molecule has 5 rings (SSSR count). The zero-order valence-corrected chi connectivity index (χ0v) is 19.6. The number of hydrogen-bond acceptors (Lipinski definition) is 4. The summed E-state index contributed by atoms with van der Waals surface area (Å²) in [5.41, 5.74) is 4.16. The Morgan fingerprint density at radius 1 is 1.09 bits per heavy atom. The van der Waals surface area contributed by atoms with Crippen molar-refractivity contribution in [3.05, 3.63) is 86.9 Å². The van der Waals surface area contributed by atoms with Crippen LogP contribution in [0.5, 0.6) is 0 Å². The van der Waals surface area contributed by atoms with Gasteiger partial charge in [-0.2, -0.15) is 9.78 Å². The molecule has 33 heavy (non-hydrogen) atoms. The summed E-state index contributed by atoms with van der Waals surface area (Å²) < 4.78 is 9.58. The third kappa shape index (κ3) is 3.66. The van der Waals surface area contributed by atoms with Gasteiger partial charge in [0.15, 0.2) is 5.76 Å². The van der Waals surface area contributed by atoms with Gasteiger partial charge in [-0.3, -0.25) is 4.79 Å². The maximum absolute atomic E-state index is 13.4. The van der Waals surface area contributed by atoms with E-state index in [2.05, 4.69) is 43.4 Å². The Bertz CT molecular complexity index is 1600. The lowest BCUT2D eigenvalue weighted by Crippen LogP contribution is -2.20. The van der Waals surface area contributed by atoms with E-state index >= 15 is 0 Å². The zero-order valence-electron chi connectivity index (χ0n) is 18.8. The summed E-state index contributed by atoms with van der Waals surface area (Å²) >= 11 is 6.14. The van der Waals surface area contributed by atoms with Crippen LogP contribution in [0.2, 0.25) is 5.02 Å². The number of hydrogen-bond donors (Lipinski definition) is 0. The maximum atomic E-state index is 13.4. The molecule has 0 spiro atoms. The van der Waals surface area contributed by atoms with Gasteiger partial charge in [0.1, 0.15) is 5.58 Å². The molecule has 5 aromatic rings. The lowest BCUT2D eigenvalue weighted by atomic mass is 10.2. The van der Waals surface area contributed by atoms with E-state index in [0.717, 1.165) is 22.3 Å². The van der Waals surface area contributed by atoms with Crippen molar-refractivity contribution in [1.82, 2.24) is 14.2 Å². The molecule has 6 nitrogen and oxygen atoms in total. The Hall–Kier alpha value is -3.64. The predicted octanol–water partition coefficient (Wildman–Crippen LogP) is 6.34. The van der Waals surface area contributed by atoms with Crippen molar-refractivity contribution in [2.45, 2.75) is 33.7 Å². The molecule has 2 aromatic carbocycles. The number of benzene rings is 2. The minimum atomic E-state index is -0.261. The lowest BCUT2D eigenvalue weighted by Gasteiger charge is -2.13. The van der Waals surface area contributed by atoms with Gasteiger partial charge in [0, 0.05) is 33.4 Å². The van der Waals surface area contributed by atoms with Crippen molar-refractivity contribution < 1.29 is 4.42 Å². The van der Waals surface area contributed by atoms with Crippen molar-refractivity contribution in [3.63, 3.8) is 0 Å². The molecule has 0 aliphatic carbocycles. The molecule has 0 N–H and O–H groups in total. The average molecular weight is 459 g/mol. The summed E-state index contributed by atoms with van der Waals surface area (Å²) in [5.74, 6) is 0.778. The number of fused-ring (bicyclic) bond motifs is 2. The number of aryl methyl sites for hydroxylation is 1. The van der Waals surface area contributed by atoms with E-state index in [1.54, 1.807) is 24.4 Å². The Labute approximate surface area is 195 Å². The molecule has 0 unspecified atom stereocenters. The number of furan rings is 1. The molecular weight excluding hydrogens is 436 g/mol. The van der Waals surface area contributed by atoms with Crippen LogP contribution in [0, 0.1) is 13.8 Å². The van der Waals surface area contributed by atoms with E-state index in [9.17, 15) is 4.79 Å². The van der Waals surface area contributed by atoms with Crippen LogP contribution in [-0.4, -0.2) is 20.4 Å². The van der Waals surface area contributed by atoms with Crippen LogP contribution < -0.4 is 5.56 Å². The molecule has 0 saturated heterocycles. The van der Waals surface area contributed by atoms with Crippen LogP contribution >= 0.6 is 11.6 Å². The molecule has 7 heteroatoms. The minimum Gasteiger partial charge on any atom is -0.453 e. The fourth-order valence-corrected chi connectivity index (χ4v) is 4.54. The maximum Gasteiger partial charge on any atom is 0.282 e. The summed E-state index contributed by atoms with van der Waals surface area (Å²) in [5, 5.41) is 6.51. The molecule has 3 aromatic heterocycles. The second-order valence-corrected chi connectivity index (χ2v) is 8.83. The Morgan fingerprint density at radius 3 is 2.64 bits per heavy atom. The number of para-hydroxylation sites is 1. The van der Waals surface area contributed by atoms with Gasteiger partial charge in [0.2, 0.25) is 5.82 Å². The highest BCUT2D eigenvalue weighted by atomic mass is 35.5. The van der Waals surface area contributed by atoms with E-state index in [0.29, 0.717) is 39.1 Å². The summed E-state index contributed by atoms with van der Waals surface area (Å²) in [7, 11) is 0. The van der Waals surface area contributed by atoms with Crippen molar-refractivity contribution in [1.29, 1.82) is 0 Å². The van der Waals surface area contributed by atoms with E-state index in [4.69, 9.17) is 21.0 Å². The summed E-state index contributed by atoms with van der Waals surface area (Å²) in [6.07, 6.45) is 1.71. The first-order valence-electron chi connectivity index (χ1n) is 10.8. The normalized spacial score (nSPS) is 12.1. The first-order chi connectivity index (χ1) is 15.8. The standard InChI is InChI=1S/C26H23ClN4O2/c1-15(2)30-16(3)11-19(17(30)4)14-28-31-25(29-22-8-6-5-7-21(22)26(31)32)24-13-18-12-20(27)9-10-23(18)33-24/h5-15H,1-4H3. The summed E-state index contributed by atoms with van der Waals surface area (Å²) in [6, 6.07) is 16.8. The van der Waals surface area contributed by atoms with Crippen LogP contribution in [-0.2, 0) is 0 Å². The second-order valence-electron chi connectivity index (χ2n) is 8.40. The Kier molecular flexibility index (Phi) is 5.17. The molecule has 0 fully saturated rings. The van der Waals surface area contributed by atoms with Crippen molar-refractivity contribution >= 4 is 39.7 Å². The largest absolute Gasteiger partial charge is 0.453 e. The van der Waals surface area contributed by atoms with Gasteiger partial charge in [0.25, 0.3) is 5.56 Å². The third-order valence-electron chi connectivity index (χ3n) is 5.80. The summed E-state index contributed by atoms with van der Waals surface area (Å²) in [4.78, 5) is 18.1. The highest BCUT2D eigenvalue weighted by molar-refractivity contribution is 6.31. The van der Waals surface area contributed by atoms with Crippen LogP contribution in [0.3, 0.4) is 0 Å². The highest BCUT2D eigenvalue weighted by Gasteiger charge is 2.17. The molecule has 0 bridgehead atoms. The van der Waals surface area contributed by atoms with E-state index < -0.39 is 0 Å². The van der Waals surface area contributed by atoms with Crippen LogP contribution in [0.1, 0.15) is 36.8 Å². The van der Waals surface area contributed by atoms with Gasteiger partial charge in [-0.05, 0) is 70.2 Å². The van der Waals surface area contributed by atoms with Crippen molar-refractivity contribution in [3.8, 4) is 11.6 Å². The first kappa shape index (κ1) is 21.2. The quantitative estimate of drug-likeness (QED) is 0.295. The average Bonchev–Trinajstić information content (AvgIpc) is 3.32. The number of rotatable bonds is 4. The molecule has 0 aliphatic rings. The van der Waals surface area contributed by atoms with Crippen LogP contribution in [0.4, 0.5) is 0 Å². The predicted molar refractivity (Wildman–Crippen MR) is 134 cm³/mol. The van der Waals surface area contributed by atoms with Crippen LogP contribution in [0.25, 0.3) is 33.5 Å². The monoisotopic (exact) mass is 458 g/mol. The smallest absolute Gasteiger partial charge is 0.282 e. The Morgan fingerprint density at radius 2 is 1.88 bits per heavy atom. The molecule has 0 amide bonds. The second kappa shape index (κ2) is 8.05. The fourth-order valence-electron chi connectivity index (χ4n) is 4.36. The van der Waals surface area contributed by atoms with E-state index in [1.165, 1.54) is 4.68 Å². The fraction of sp³-hybridized carbons (Fsp3) is 0.192. The first-order valence-corrected chi connectivity index (χ1v) is 11.2. The highest BCUT2D eigenvalue weighted by Crippen LogP contribution is 2.29. The van der Waals surface area contributed by atoms with Crippen LogP contribution in [0.15, 0.2) is 68.9 Å². The minimum absolute atomic E-state index is 0.261.